The predicted octanol–water partition coefficient (Wildman–Crippen LogP) is 6.79. The summed E-state index contributed by atoms with van der Waals surface area (Å²) in [5, 5.41) is 18.0. The van der Waals surface area contributed by atoms with Crippen LogP contribution in [0.1, 0.15) is 28.1 Å². The predicted molar refractivity (Wildman–Crippen MR) is 165 cm³/mol. The lowest BCUT2D eigenvalue weighted by atomic mass is 10.2. The Balaban J connectivity index is 1.73. The molecule has 1 unspecified atom stereocenters. The average Bonchev–Trinajstić information content (AvgIpc) is 3.25. The molecule has 3 aromatic carbocycles. The fraction of sp³-hybridized carbons (Fsp3) is 0.258. The van der Waals surface area contributed by atoms with Crippen LogP contribution in [-0.4, -0.2) is 46.7 Å². The molecule has 2 aliphatic rings. The van der Waals surface area contributed by atoms with Gasteiger partial charge in [-0.1, -0.05) is 42.0 Å². The van der Waals surface area contributed by atoms with E-state index in [2.05, 4.69) is 59.1 Å². The molecule has 1 aromatic heterocycles. The van der Waals surface area contributed by atoms with E-state index in [1.54, 1.807) is 12.1 Å². The Morgan fingerprint density at radius 2 is 1.61 bits per heavy atom. The summed E-state index contributed by atoms with van der Waals surface area (Å²) < 4.78 is 18.2. The van der Waals surface area contributed by atoms with Gasteiger partial charge in [0.05, 0.1) is 41.0 Å². The molecule has 10 heteroatoms. The molecule has 41 heavy (non-hydrogen) atoms. The van der Waals surface area contributed by atoms with Crippen molar-refractivity contribution in [2.45, 2.75) is 27.7 Å². The van der Waals surface area contributed by atoms with Crippen LogP contribution in [0, 0.1) is 37.8 Å². The lowest BCUT2D eigenvalue weighted by Crippen LogP contribution is -2.44. The lowest BCUT2D eigenvalue weighted by molar-refractivity contribution is -0.384. The smallest absolute Gasteiger partial charge is 0.271 e. The second-order valence-electron chi connectivity index (χ2n) is 10.4. The highest BCUT2D eigenvalue weighted by Gasteiger charge is 2.45. The zero-order valence-electron chi connectivity index (χ0n) is 23.7. The van der Waals surface area contributed by atoms with Crippen molar-refractivity contribution >= 4 is 35.9 Å². The quantitative estimate of drug-likeness (QED) is 0.150. The zero-order valence-corrected chi connectivity index (χ0v) is 24.6. The van der Waals surface area contributed by atoms with Crippen LogP contribution in [0.5, 0.6) is 0 Å². The molecule has 0 N–H and O–H groups in total. The number of anilines is 1. The van der Waals surface area contributed by atoms with E-state index >= 15 is 0 Å². The van der Waals surface area contributed by atoms with Gasteiger partial charge in [-0.15, -0.1) is 0 Å². The van der Waals surface area contributed by atoms with Crippen LogP contribution in [0.2, 0.25) is 0 Å². The van der Waals surface area contributed by atoms with Crippen molar-refractivity contribution in [3.63, 3.8) is 0 Å². The summed E-state index contributed by atoms with van der Waals surface area (Å²) in [6, 6.07) is 23.5. The van der Waals surface area contributed by atoms with Crippen LogP contribution in [0.3, 0.4) is 0 Å². The van der Waals surface area contributed by atoms with E-state index in [-0.39, 0.29) is 10.6 Å². The fourth-order valence-electron chi connectivity index (χ4n) is 5.75. The molecular formula is C31H33N6O3P. The highest BCUT2D eigenvalue weighted by atomic mass is 31.2. The average molecular weight is 569 g/mol. The van der Waals surface area contributed by atoms with Gasteiger partial charge in [-0.2, -0.15) is 5.10 Å². The number of rotatable bonds is 5. The van der Waals surface area contributed by atoms with Crippen molar-refractivity contribution in [3.8, 4) is 5.69 Å². The molecule has 0 spiro atoms. The van der Waals surface area contributed by atoms with Crippen LogP contribution >= 0.6 is 7.36 Å². The van der Waals surface area contributed by atoms with Crippen molar-refractivity contribution in [2.75, 3.05) is 31.1 Å². The number of aryl methyl sites for hydroxylation is 2. The molecular weight excluding hydrogens is 535 g/mol. The first kappa shape index (κ1) is 27.1. The van der Waals surface area contributed by atoms with E-state index in [0.717, 1.165) is 39.2 Å². The number of para-hydroxylation sites is 1. The molecule has 210 valence electrons. The molecule has 0 amide bonds. The van der Waals surface area contributed by atoms with E-state index in [1.165, 1.54) is 11.6 Å². The van der Waals surface area contributed by atoms with Crippen LogP contribution in [-0.2, 0) is 4.74 Å². The van der Waals surface area contributed by atoms with Gasteiger partial charge in [0, 0.05) is 47.9 Å². The summed E-state index contributed by atoms with van der Waals surface area (Å²) in [7, 11) is -2.89. The number of hydrazone groups is 1. The molecule has 9 nitrogen and oxygen atoms in total. The van der Waals surface area contributed by atoms with Gasteiger partial charge in [0.2, 0.25) is 0 Å². The van der Waals surface area contributed by atoms with Gasteiger partial charge in [-0.05, 0) is 57.5 Å². The third kappa shape index (κ3) is 4.60. The Bertz CT molecular complexity index is 1710. The molecule has 4 aromatic rings. The Morgan fingerprint density at radius 3 is 2.29 bits per heavy atom. The monoisotopic (exact) mass is 568 g/mol. The summed E-state index contributed by atoms with van der Waals surface area (Å²) in [5.41, 5.74) is 7.90. The van der Waals surface area contributed by atoms with Crippen molar-refractivity contribution in [3.05, 3.63) is 111 Å². The molecule has 2 aliphatic heterocycles. The van der Waals surface area contributed by atoms with Gasteiger partial charge < -0.3 is 9.30 Å². The Hall–Kier alpha value is -4.04. The Kier molecular flexibility index (Phi) is 7.11. The minimum absolute atomic E-state index is 0.0200. The maximum atomic E-state index is 11.8. The number of fused-ring (bicyclic) bond motifs is 1. The van der Waals surface area contributed by atoms with Crippen molar-refractivity contribution in [2.24, 2.45) is 9.85 Å². The van der Waals surface area contributed by atoms with Gasteiger partial charge in [0.1, 0.15) is 0 Å². The molecule has 1 fully saturated rings. The van der Waals surface area contributed by atoms with Crippen molar-refractivity contribution < 1.29 is 9.66 Å². The second-order valence-corrected chi connectivity index (χ2v) is 13.2. The topological polar surface area (TPSA) is 88.5 Å². The molecule has 0 saturated carbocycles. The number of nitro groups is 1. The number of aromatic nitrogens is 1. The number of hydrogen-bond donors (Lipinski definition) is 0. The molecule has 0 bridgehead atoms. The molecule has 0 radical (unpaired) electrons. The number of nitrogens with zero attached hydrogens (tertiary/aromatic N) is 6. The van der Waals surface area contributed by atoms with Crippen LogP contribution in [0.15, 0.2) is 82.6 Å². The minimum atomic E-state index is -2.89. The second kappa shape index (κ2) is 10.7. The number of nitro benzene ring substituents is 1. The summed E-state index contributed by atoms with van der Waals surface area (Å²) in [6.45, 7) is 10.8. The summed E-state index contributed by atoms with van der Waals surface area (Å²) in [6.07, 6.45) is 1.95. The number of hydrogen-bond acceptors (Lipinski definition) is 5. The van der Waals surface area contributed by atoms with E-state index in [0.29, 0.717) is 32.0 Å². The number of morpholine rings is 1. The largest absolute Gasteiger partial charge is 0.379 e. The van der Waals surface area contributed by atoms with Gasteiger partial charge >= 0.3 is 0 Å². The molecule has 1 atom stereocenters. The van der Waals surface area contributed by atoms with Crippen LogP contribution in [0.4, 0.5) is 17.1 Å². The highest BCUT2D eigenvalue weighted by molar-refractivity contribution is 7.73. The van der Waals surface area contributed by atoms with Crippen LogP contribution in [0.25, 0.3) is 5.69 Å². The van der Waals surface area contributed by atoms with E-state index < -0.39 is 7.36 Å². The first-order valence-corrected chi connectivity index (χ1v) is 15.4. The first-order valence-electron chi connectivity index (χ1n) is 13.7. The molecule has 3 heterocycles. The Labute approximate surface area is 240 Å². The summed E-state index contributed by atoms with van der Waals surface area (Å²) >= 11 is 0. The highest BCUT2D eigenvalue weighted by Crippen LogP contribution is 2.62. The van der Waals surface area contributed by atoms with E-state index in [1.807, 2.05) is 43.5 Å². The molecule has 1 saturated heterocycles. The lowest BCUT2D eigenvalue weighted by Gasteiger charge is -2.45. The maximum Gasteiger partial charge on any atom is 0.271 e. The standard InChI is InChI=1S/C31H33N6O3P/c1-22-10-13-26(14-11-22)35-24(3)29-21-32-36(27-8-6-5-7-9-27)41(31(29)25(35)4,34-16-18-40-19-17-34)33-30-20-28(37(38)39)15-12-23(30)2/h5-15,20-21H,16-19H2,1-4H3. The molecule has 0 aliphatic carbocycles. The van der Waals surface area contributed by atoms with Gasteiger partial charge in [0.15, 0.2) is 7.36 Å². The minimum Gasteiger partial charge on any atom is -0.379 e. The zero-order chi connectivity index (χ0) is 28.7. The molecule has 6 rings (SSSR count). The normalized spacial score (nSPS) is 18.8. The first-order chi connectivity index (χ1) is 19.8. The van der Waals surface area contributed by atoms with Crippen LogP contribution < -0.4 is 10.1 Å². The van der Waals surface area contributed by atoms with Crippen molar-refractivity contribution in [1.29, 1.82) is 0 Å². The fourth-order valence-corrected chi connectivity index (χ4v) is 9.73. The van der Waals surface area contributed by atoms with Crippen molar-refractivity contribution in [1.82, 2.24) is 9.24 Å². The van der Waals surface area contributed by atoms with E-state index in [4.69, 9.17) is 14.6 Å². The van der Waals surface area contributed by atoms with E-state index in [9.17, 15) is 10.1 Å². The summed E-state index contributed by atoms with van der Waals surface area (Å²) in [5.74, 6) is 0. The maximum absolute atomic E-state index is 11.8. The van der Waals surface area contributed by atoms with Gasteiger partial charge in [-0.25, -0.2) is 14.2 Å². The Morgan fingerprint density at radius 1 is 0.902 bits per heavy atom. The number of ether oxygens (including phenoxy) is 1. The number of benzene rings is 3. The van der Waals surface area contributed by atoms with Gasteiger partial charge in [0.25, 0.3) is 5.69 Å². The summed E-state index contributed by atoms with van der Waals surface area (Å²) in [4.78, 5) is 11.5. The SMILES string of the molecule is Cc1ccc(-n2c(C)c3c(c2C)P(=Nc2cc([N+](=O)[O-])ccc2C)(N2CCOCC2)N(c2ccccc2)N=C3)cc1. The van der Waals surface area contributed by atoms with Gasteiger partial charge in [-0.3, -0.25) is 10.1 Å². The number of non-ortho nitro benzene ring substituents is 1. The third-order valence-corrected chi connectivity index (χ3v) is 11.5. The third-order valence-electron chi connectivity index (χ3n) is 7.83.